The smallest absolute Gasteiger partial charge is 0.410 e. The molecule has 0 aromatic heterocycles. The van der Waals surface area contributed by atoms with Crippen LogP contribution in [0.1, 0.15) is 53.9 Å². The van der Waals surface area contributed by atoms with Gasteiger partial charge in [-0.2, -0.15) is 0 Å². The van der Waals surface area contributed by atoms with Crippen LogP contribution in [0.3, 0.4) is 0 Å². The van der Waals surface area contributed by atoms with E-state index in [-0.39, 0.29) is 12.7 Å². The van der Waals surface area contributed by atoms with Crippen LogP contribution in [0.4, 0.5) is 4.79 Å². The highest BCUT2D eigenvalue weighted by molar-refractivity contribution is 5.68. The summed E-state index contributed by atoms with van der Waals surface area (Å²) < 4.78 is 5.41. The van der Waals surface area contributed by atoms with Crippen LogP contribution in [-0.4, -0.2) is 41.4 Å². The van der Waals surface area contributed by atoms with Crippen molar-refractivity contribution in [2.24, 2.45) is 17.8 Å². The third-order valence-electron chi connectivity index (χ3n) is 4.08. The second-order valence-corrected chi connectivity index (χ2v) is 7.31. The highest BCUT2D eigenvalue weighted by Gasteiger charge is 2.29. The largest absolute Gasteiger partial charge is 0.444 e. The Morgan fingerprint density at radius 2 is 1.85 bits per heavy atom. The number of piperidine rings is 1. The second kappa shape index (κ2) is 7.30. The maximum Gasteiger partial charge on any atom is 0.410 e. The highest BCUT2D eigenvalue weighted by Crippen LogP contribution is 2.29. The summed E-state index contributed by atoms with van der Waals surface area (Å²) in [5, 5.41) is 9.14. The van der Waals surface area contributed by atoms with Gasteiger partial charge in [-0.25, -0.2) is 4.79 Å². The second-order valence-electron chi connectivity index (χ2n) is 7.31. The Morgan fingerprint density at radius 3 is 2.30 bits per heavy atom. The molecule has 0 aromatic rings. The Kier molecular flexibility index (Phi) is 6.31. The van der Waals surface area contributed by atoms with Gasteiger partial charge in [0.05, 0.1) is 0 Å². The van der Waals surface area contributed by atoms with Crippen LogP contribution in [0.15, 0.2) is 0 Å². The summed E-state index contributed by atoms with van der Waals surface area (Å²) >= 11 is 0. The molecule has 1 N–H and O–H groups in total. The number of hydrogen-bond acceptors (Lipinski definition) is 3. The molecule has 0 aromatic carbocycles. The van der Waals surface area contributed by atoms with E-state index in [1.165, 1.54) is 0 Å². The molecule has 0 spiro atoms. The molecule has 1 heterocycles. The van der Waals surface area contributed by atoms with Crippen LogP contribution in [0.25, 0.3) is 0 Å². The lowest BCUT2D eigenvalue weighted by Crippen LogP contribution is -2.42. The molecule has 0 bridgehead atoms. The quantitative estimate of drug-likeness (QED) is 0.862. The molecule has 20 heavy (non-hydrogen) atoms. The Hall–Kier alpha value is -0.770. The van der Waals surface area contributed by atoms with Crippen LogP contribution < -0.4 is 0 Å². The van der Waals surface area contributed by atoms with Gasteiger partial charge in [-0.1, -0.05) is 13.8 Å². The number of carbonyl (C=O) groups is 1. The number of likely N-dealkylation sites (tertiary alicyclic amines) is 1. The minimum atomic E-state index is -0.419. The van der Waals surface area contributed by atoms with Crippen molar-refractivity contribution in [3.05, 3.63) is 0 Å². The van der Waals surface area contributed by atoms with Crippen LogP contribution in [0.2, 0.25) is 0 Å². The molecule has 0 saturated carbocycles. The summed E-state index contributed by atoms with van der Waals surface area (Å²) in [6.07, 6.45) is 2.96. The predicted octanol–water partition coefficient (Wildman–Crippen LogP) is 3.29. The first-order valence-corrected chi connectivity index (χ1v) is 7.81. The van der Waals surface area contributed by atoms with Gasteiger partial charge in [-0.15, -0.1) is 0 Å². The minimum Gasteiger partial charge on any atom is -0.444 e. The molecule has 0 aliphatic carbocycles. The first kappa shape index (κ1) is 17.3. The summed E-state index contributed by atoms with van der Waals surface area (Å²) in [6, 6.07) is 0. The van der Waals surface area contributed by atoms with E-state index in [4.69, 9.17) is 9.84 Å². The van der Waals surface area contributed by atoms with Gasteiger partial charge in [0.15, 0.2) is 0 Å². The average Bonchev–Trinajstić information content (AvgIpc) is 2.36. The Bertz CT molecular complexity index is 303. The number of hydrogen-bond donors (Lipinski definition) is 1. The zero-order valence-corrected chi connectivity index (χ0v) is 13.7. The molecule has 1 rings (SSSR count). The Morgan fingerprint density at radius 1 is 1.30 bits per heavy atom. The fraction of sp³-hybridized carbons (Fsp3) is 0.938. The molecule has 4 nitrogen and oxygen atoms in total. The number of carbonyl (C=O) groups excluding carboxylic acids is 1. The predicted molar refractivity (Wildman–Crippen MR) is 80.6 cm³/mol. The molecular formula is C16H31NO3. The van der Waals surface area contributed by atoms with E-state index in [0.717, 1.165) is 32.4 Å². The van der Waals surface area contributed by atoms with Crippen molar-refractivity contribution in [1.29, 1.82) is 0 Å². The van der Waals surface area contributed by atoms with Crippen molar-refractivity contribution in [3.63, 3.8) is 0 Å². The maximum atomic E-state index is 12.0. The van der Waals surface area contributed by atoms with E-state index in [1.54, 1.807) is 0 Å². The summed E-state index contributed by atoms with van der Waals surface area (Å²) in [5.74, 6) is 1.63. The minimum absolute atomic E-state index is 0.188. The lowest BCUT2D eigenvalue weighted by Gasteiger charge is -2.36. The fourth-order valence-corrected chi connectivity index (χ4v) is 2.88. The van der Waals surface area contributed by atoms with Crippen molar-refractivity contribution >= 4 is 6.09 Å². The van der Waals surface area contributed by atoms with E-state index < -0.39 is 5.60 Å². The third-order valence-corrected chi connectivity index (χ3v) is 4.08. The number of aliphatic hydroxyl groups excluding tert-OH is 1. The van der Waals surface area contributed by atoms with Crippen molar-refractivity contribution < 1.29 is 14.6 Å². The van der Waals surface area contributed by atoms with Gasteiger partial charge in [-0.3, -0.25) is 0 Å². The van der Waals surface area contributed by atoms with Gasteiger partial charge < -0.3 is 14.7 Å². The molecule has 1 amide bonds. The summed E-state index contributed by atoms with van der Waals surface area (Å²) in [5.41, 5.74) is -0.419. The van der Waals surface area contributed by atoms with Crippen LogP contribution in [-0.2, 0) is 4.74 Å². The lowest BCUT2D eigenvalue weighted by atomic mass is 9.81. The van der Waals surface area contributed by atoms with E-state index in [9.17, 15) is 4.79 Å². The van der Waals surface area contributed by atoms with E-state index in [0.29, 0.717) is 17.8 Å². The molecule has 2 atom stereocenters. The monoisotopic (exact) mass is 285 g/mol. The molecule has 0 radical (unpaired) electrons. The van der Waals surface area contributed by atoms with Crippen molar-refractivity contribution in [2.75, 3.05) is 19.7 Å². The fourth-order valence-electron chi connectivity index (χ4n) is 2.88. The van der Waals surface area contributed by atoms with Crippen molar-refractivity contribution in [2.45, 2.75) is 59.5 Å². The van der Waals surface area contributed by atoms with Crippen molar-refractivity contribution in [1.82, 2.24) is 4.90 Å². The lowest BCUT2D eigenvalue weighted by molar-refractivity contribution is 0.0155. The normalized spacial score (nSPS) is 20.6. The standard InChI is InChI=1S/C16H31NO3/c1-12(11-18)10-13(2)14-6-8-17(9-7-14)15(19)20-16(3,4)5/h12-14,18H,6-11H2,1-5H3. The number of aliphatic hydroxyl groups is 1. The average molecular weight is 285 g/mol. The van der Waals surface area contributed by atoms with Gasteiger partial charge in [-0.05, 0) is 57.8 Å². The zero-order chi connectivity index (χ0) is 15.3. The Balaban J connectivity index is 2.38. The van der Waals surface area contributed by atoms with E-state index >= 15 is 0 Å². The molecule has 2 unspecified atom stereocenters. The molecule has 1 aliphatic rings. The number of amides is 1. The molecular weight excluding hydrogens is 254 g/mol. The molecule has 118 valence electrons. The third kappa shape index (κ3) is 5.70. The molecule has 1 saturated heterocycles. The number of rotatable bonds is 4. The molecule has 1 aliphatic heterocycles. The summed E-state index contributed by atoms with van der Waals surface area (Å²) in [6.45, 7) is 11.9. The van der Waals surface area contributed by atoms with E-state index in [2.05, 4.69) is 13.8 Å². The van der Waals surface area contributed by atoms with Gasteiger partial charge >= 0.3 is 6.09 Å². The first-order chi connectivity index (χ1) is 9.23. The highest BCUT2D eigenvalue weighted by atomic mass is 16.6. The summed E-state index contributed by atoms with van der Waals surface area (Å²) in [7, 11) is 0. The Labute approximate surface area is 123 Å². The van der Waals surface area contributed by atoms with Gasteiger partial charge in [0.1, 0.15) is 5.60 Å². The van der Waals surface area contributed by atoms with Gasteiger partial charge in [0.2, 0.25) is 0 Å². The number of nitrogens with zero attached hydrogens (tertiary/aromatic N) is 1. The molecule has 1 fully saturated rings. The maximum absolute atomic E-state index is 12.0. The van der Waals surface area contributed by atoms with Crippen LogP contribution >= 0.6 is 0 Å². The van der Waals surface area contributed by atoms with E-state index in [1.807, 2.05) is 25.7 Å². The van der Waals surface area contributed by atoms with Gasteiger partial charge in [0, 0.05) is 19.7 Å². The van der Waals surface area contributed by atoms with Gasteiger partial charge in [0.25, 0.3) is 0 Å². The number of ether oxygens (including phenoxy) is 1. The van der Waals surface area contributed by atoms with Crippen LogP contribution in [0, 0.1) is 17.8 Å². The first-order valence-electron chi connectivity index (χ1n) is 7.81. The van der Waals surface area contributed by atoms with Crippen molar-refractivity contribution in [3.8, 4) is 0 Å². The molecule has 4 heteroatoms. The summed E-state index contributed by atoms with van der Waals surface area (Å²) in [4.78, 5) is 13.8. The topological polar surface area (TPSA) is 49.8 Å². The van der Waals surface area contributed by atoms with Crippen LogP contribution in [0.5, 0.6) is 0 Å². The zero-order valence-electron chi connectivity index (χ0n) is 13.7. The SMILES string of the molecule is CC(CO)CC(C)C1CCN(C(=O)OC(C)(C)C)CC1.